The summed E-state index contributed by atoms with van der Waals surface area (Å²) in [5.74, 6) is 0.266. The second-order valence-electron chi connectivity index (χ2n) is 7.24. The van der Waals surface area contributed by atoms with E-state index >= 15 is 0 Å². The second kappa shape index (κ2) is 8.83. The monoisotopic (exact) mass is 459 g/mol. The molecule has 3 aromatic heterocycles. The quantitative estimate of drug-likeness (QED) is 0.381. The van der Waals surface area contributed by atoms with Gasteiger partial charge in [0.25, 0.3) is 5.91 Å². The van der Waals surface area contributed by atoms with E-state index in [0.717, 1.165) is 16.2 Å². The standard InChI is InChI=1S/C23H18FN7OS/c1-15-27-28-29-31(15)20-12-16(9-10-19(20)24)26-23(32)18-6-2-3-7-21(18)33-14-17-13-30-11-5-4-8-22(30)25-17/h2-13H,14H2,1H3,(H,26,32). The van der Waals surface area contributed by atoms with Gasteiger partial charge >= 0.3 is 0 Å². The molecule has 2 aromatic carbocycles. The van der Waals surface area contributed by atoms with Crippen LogP contribution in [0.5, 0.6) is 0 Å². The minimum absolute atomic E-state index is 0.157. The highest BCUT2D eigenvalue weighted by Crippen LogP contribution is 2.27. The lowest BCUT2D eigenvalue weighted by molar-refractivity contribution is 0.102. The molecule has 5 rings (SSSR count). The molecule has 0 radical (unpaired) electrons. The Morgan fingerprint density at radius 3 is 2.79 bits per heavy atom. The van der Waals surface area contributed by atoms with Crippen LogP contribution in [0.25, 0.3) is 11.3 Å². The van der Waals surface area contributed by atoms with Crippen LogP contribution in [0.3, 0.4) is 0 Å². The summed E-state index contributed by atoms with van der Waals surface area (Å²) < 4.78 is 17.6. The van der Waals surface area contributed by atoms with Gasteiger partial charge in [0.2, 0.25) is 0 Å². The molecule has 0 aliphatic rings. The minimum Gasteiger partial charge on any atom is -0.322 e. The van der Waals surface area contributed by atoms with Gasteiger partial charge in [-0.1, -0.05) is 18.2 Å². The molecule has 10 heteroatoms. The highest BCUT2D eigenvalue weighted by atomic mass is 32.2. The molecule has 33 heavy (non-hydrogen) atoms. The number of pyridine rings is 1. The molecule has 0 fully saturated rings. The molecule has 0 spiro atoms. The smallest absolute Gasteiger partial charge is 0.256 e. The van der Waals surface area contributed by atoms with Gasteiger partial charge in [0, 0.05) is 28.7 Å². The van der Waals surface area contributed by atoms with E-state index in [9.17, 15) is 9.18 Å². The summed E-state index contributed by atoms with van der Waals surface area (Å²) in [4.78, 5) is 18.5. The number of anilines is 1. The van der Waals surface area contributed by atoms with Crippen molar-refractivity contribution in [1.82, 2.24) is 29.6 Å². The molecule has 0 aliphatic carbocycles. The lowest BCUT2D eigenvalue weighted by atomic mass is 10.2. The van der Waals surface area contributed by atoms with Crippen molar-refractivity contribution in [2.45, 2.75) is 17.6 Å². The van der Waals surface area contributed by atoms with Crippen LogP contribution in [-0.2, 0) is 5.75 Å². The largest absolute Gasteiger partial charge is 0.322 e. The molecule has 5 aromatic rings. The number of nitrogens with one attached hydrogen (secondary N) is 1. The van der Waals surface area contributed by atoms with Gasteiger partial charge in [-0.05, 0) is 59.8 Å². The van der Waals surface area contributed by atoms with Gasteiger partial charge < -0.3 is 9.72 Å². The molecule has 8 nitrogen and oxygen atoms in total. The lowest BCUT2D eigenvalue weighted by Crippen LogP contribution is -2.14. The van der Waals surface area contributed by atoms with Crippen LogP contribution in [0.15, 0.2) is 78.0 Å². The number of aromatic nitrogens is 6. The number of imidazole rings is 1. The fourth-order valence-electron chi connectivity index (χ4n) is 3.39. The maximum atomic E-state index is 14.3. The van der Waals surface area contributed by atoms with Crippen LogP contribution in [0.4, 0.5) is 10.1 Å². The first-order chi connectivity index (χ1) is 16.1. The van der Waals surface area contributed by atoms with E-state index in [2.05, 4.69) is 25.8 Å². The van der Waals surface area contributed by atoms with Gasteiger partial charge in [-0.3, -0.25) is 4.79 Å². The van der Waals surface area contributed by atoms with E-state index in [1.807, 2.05) is 53.2 Å². The summed E-state index contributed by atoms with van der Waals surface area (Å²) >= 11 is 1.53. The van der Waals surface area contributed by atoms with E-state index in [0.29, 0.717) is 22.8 Å². The molecule has 0 unspecified atom stereocenters. The summed E-state index contributed by atoms with van der Waals surface area (Å²) in [6.45, 7) is 1.67. The Balaban J connectivity index is 1.35. The normalized spacial score (nSPS) is 11.1. The number of carbonyl (C=O) groups is 1. The molecule has 1 N–H and O–H groups in total. The number of tetrazole rings is 1. The third-order valence-corrected chi connectivity index (χ3v) is 6.09. The van der Waals surface area contributed by atoms with Gasteiger partial charge in [0.05, 0.1) is 11.3 Å². The van der Waals surface area contributed by atoms with E-state index in [1.165, 1.54) is 34.6 Å². The number of amides is 1. The average molecular weight is 460 g/mol. The Kier molecular flexibility index (Phi) is 5.57. The first-order valence-electron chi connectivity index (χ1n) is 10.1. The second-order valence-corrected chi connectivity index (χ2v) is 8.26. The molecule has 1 amide bonds. The van der Waals surface area contributed by atoms with Crippen LogP contribution >= 0.6 is 11.8 Å². The molecule has 0 saturated carbocycles. The zero-order chi connectivity index (χ0) is 22.8. The molecular weight excluding hydrogens is 441 g/mol. The number of aryl methyl sites for hydroxylation is 1. The highest BCUT2D eigenvalue weighted by Gasteiger charge is 2.15. The van der Waals surface area contributed by atoms with Crippen LogP contribution in [0, 0.1) is 12.7 Å². The Bertz CT molecular complexity index is 1430. The summed E-state index contributed by atoms with van der Waals surface area (Å²) in [7, 11) is 0. The number of hydrogen-bond donors (Lipinski definition) is 1. The summed E-state index contributed by atoms with van der Waals surface area (Å²) in [5, 5.41) is 14.0. The van der Waals surface area contributed by atoms with Crippen molar-refractivity contribution < 1.29 is 9.18 Å². The Hall–Kier alpha value is -4.05. The number of fused-ring (bicyclic) bond motifs is 1. The van der Waals surface area contributed by atoms with Crippen molar-refractivity contribution >= 4 is 29.0 Å². The van der Waals surface area contributed by atoms with E-state index in [1.54, 1.807) is 13.0 Å². The molecule has 0 aliphatic heterocycles. The fourth-order valence-corrected chi connectivity index (χ4v) is 4.33. The van der Waals surface area contributed by atoms with Crippen molar-refractivity contribution in [2.24, 2.45) is 0 Å². The zero-order valence-electron chi connectivity index (χ0n) is 17.5. The van der Waals surface area contributed by atoms with E-state index in [-0.39, 0.29) is 11.6 Å². The number of carbonyl (C=O) groups excluding carboxylic acids is 1. The van der Waals surface area contributed by atoms with Crippen molar-refractivity contribution in [1.29, 1.82) is 0 Å². The number of halogens is 1. The highest BCUT2D eigenvalue weighted by molar-refractivity contribution is 7.98. The Labute approximate surface area is 192 Å². The van der Waals surface area contributed by atoms with Gasteiger partial charge in [-0.15, -0.1) is 16.9 Å². The minimum atomic E-state index is -0.494. The maximum absolute atomic E-state index is 14.3. The first-order valence-corrected chi connectivity index (χ1v) is 11.1. The van der Waals surface area contributed by atoms with Crippen molar-refractivity contribution in [3.63, 3.8) is 0 Å². The fraction of sp³-hybridized carbons (Fsp3) is 0.0870. The van der Waals surface area contributed by atoms with Crippen LogP contribution in [0.2, 0.25) is 0 Å². The first kappa shape index (κ1) is 20.8. The molecule has 0 saturated heterocycles. The molecule has 0 bridgehead atoms. The van der Waals surface area contributed by atoms with Crippen LogP contribution in [0.1, 0.15) is 21.9 Å². The van der Waals surface area contributed by atoms with Gasteiger partial charge in [0.15, 0.2) is 5.82 Å². The topological polar surface area (TPSA) is 90.0 Å². The zero-order valence-corrected chi connectivity index (χ0v) is 18.3. The van der Waals surface area contributed by atoms with E-state index in [4.69, 9.17) is 0 Å². The van der Waals surface area contributed by atoms with Crippen molar-refractivity contribution in [3.8, 4) is 5.69 Å². The van der Waals surface area contributed by atoms with Gasteiger partial charge in [0.1, 0.15) is 17.2 Å². The molecule has 164 valence electrons. The average Bonchev–Trinajstić information content (AvgIpc) is 3.44. The SMILES string of the molecule is Cc1nnnn1-c1cc(NC(=O)c2ccccc2SCc2cn3ccccc3n2)ccc1F. The van der Waals surface area contributed by atoms with Crippen molar-refractivity contribution in [3.05, 3.63) is 96.0 Å². The molecule has 0 atom stereocenters. The number of thioether (sulfide) groups is 1. The third-order valence-electron chi connectivity index (χ3n) is 4.98. The van der Waals surface area contributed by atoms with Gasteiger partial charge in [-0.2, -0.15) is 4.68 Å². The maximum Gasteiger partial charge on any atom is 0.256 e. The number of benzene rings is 2. The third kappa shape index (κ3) is 4.33. The Morgan fingerprint density at radius 1 is 1.12 bits per heavy atom. The van der Waals surface area contributed by atoms with E-state index < -0.39 is 5.82 Å². The van der Waals surface area contributed by atoms with Crippen molar-refractivity contribution in [2.75, 3.05) is 5.32 Å². The summed E-state index contributed by atoms with van der Waals surface area (Å²) in [6, 6.07) is 17.5. The van der Waals surface area contributed by atoms with Crippen LogP contribution in [-0.4, -0.2) is 35.5 Å². The number of hydrogen-bond acceptors (Lipinski definition) is 6. The summed E-state index contributed by atoms with van der Waals surface area (Å²) in [6.07, 6.45) is 3.93. The Morgan fingerprint density at radius 2 is 1.97 bits per heavy atom. The predicted molar refractivity (Wildman–Crippen MR) is 123 cm³/mol. The van der Waals surface area contributed by atoms with Crippen LogP contribution < -0.4 is 5.32 Å². The molecular formula is C23H18FN7OS. The number of rotatable bonds is 6. The predicted octanol–water partition coefficient (Wildman–Crippen LogP) is 4.30. The van der Waals surface area contributed by atoms with Gasteiger partial charge in [-0.25, -0.2) is 9.37 Å². The number of nitrogens with zero attached hydrogens (tertiary/aromatic N) is 6. The molecule has 3 heterocycles. The summed E-state index contributed by atoms with van der Waals surface area (Å²) in [5.41, 5.74) is 2.91. The lowest BCUT2D eigenvalue weighted by Gasteiger charge is -2.11.